The average Bonchev–Trinajstić information content (AvgIpc) is 2.97. The first-order valence-corrected chi connectivity index (χ1v) is 7.51. The fraction of sp³-hybridized carbons (Fsp3) is 0.0556. The lowest BCUT2D eigenvalue weighted by molar-refractivity contribution is 0.102. The van der Waals surface area contributed by atoms with Crippen LogP contribution in [-0.4, -0.2) is 12.9 Å². The van der Waals surface area contributed by atoms with Gasteiger partial charge >= 0.3 is 0 Å². The number of para-hydroxylation sites is 1. The molecule has 0 aliphatic carbocycles. The number of hydrogen-bond donors (Lipinski definition) is 0. The normalized spacial score (nSPS) is 11.2. The number of halogens is 1. The van der Waals surface area contributed by atoms with Crippen LogP contribution in [0.4, 0.5) is 0 Å². The molecule has 0 fully saturated rings. The summed E-state index contributed by atoms with van der Waals surface area (Å²) in [6.07, 6.45) is 3.26. The number of furan rings is 1. The molecule has 0 atom stereocenters. The van der Waals surface area contributed by atoms with Crippen LogP contribution < -0.4 is 4.74 Å². The minimum absolute atomic E-state index is 0.164. The molecule has 3 nitrogen and oxygen atoms in total. The Bertz CT molecular complexity index is 829. The Labute approximate surface area is 136 Å². The quantitative estimate of drug-likeness (QED) is 0.482. The van der Waals surface area contributed by atoms with Crippen LogP contribution in [-0.2, 0) is 0 Å². The number of fused-ring (bicyclic) bond motifs is 1. The maximum atomic E-state index is 12.2. The van der Waals surface area contributed by atoms with E-state index in [1.807, 2.05) is 42.5 Å². The van der Waals surface area contributed by atoms with E-state index in [1.54, 1.807) is 19.3 Å². The number of benzene rings is 2. The molecule has 0 N–H and O–H groups in total. The van der Waals surface area contributed by atoms with Crippen molar-refractivity contribution >= 4 is 38.8 Å². The fourth-order valence-corrected chi connectivity index (χ4v) is 2.70. The first-order valence-electron chi connectivity index (χ1n) is 6.72. The number of ether oxygens (including phenoxy) is 1. The first-order chi connectivity index (χ1) is 10.7. The van der Waals surface area contributed by atoms with Crippen LogP contribution in [0, 0.1) is 0 Å². The van der Waals surface area contributed by atoms with Crippen molar-refractivity contribution in [3.8, 4) is 5.75 Å². The van der Waals surface area contributed by atoms with Crippen molar-refractivity contribution in [3.63, 3.8) is 0 Å². The lowest BCUT2D eigenvalue weighted by Gasteiger charge is -2.03. The maximum absolute atomic E-state index is 12.2. The fourth-order valence-electron chi connectivity index (χ4n) is 2.14. The van der Waals surface area contributed by atoms with Crippen molar-refractivity contribution in [1.29, 1.82) is 0 Å². The van der Waals surface area contributed by atoms with Crippen molar-refractivity contribution in [2.75, 3.05) is 7.11 Å². The van der Waals surface area contributed by atoms with Gasteiger partial charge in [-0.3, -0.25) is 4.79 Å². The van der Waals surface area contributed by atoms with Crippen molar-refractivity contribution in [1.82, 2.24) is 0 Å². The highest BCUT2D eigenvalue weighted by molar-refractivity contribution is 9.10. The van der Waals surface area contributed by atoms with Gasteiger partial charge in [0.15, 0.2) is 5.76 Å². The topological polar surface area (TPSA) is 39.4 Å². The van der Waals surface area contributed by atoms with Crippen LogP contribution >= 0.6 is 15.9 Å². The number of carbonyl (C=O) groups excluding carboxylic acids is 1. The minimum Gasteiger partial charge on any atom is -0.496 e. The molecule has 0 saturated heterocycles. The smallest absolute Gasteiger partial charge is 0.221 e. The molecule has 0 amide bonds. The summed E-state index contributed by atoms with van der Waals surface area (Å²) in [6, 6.07) is 14.9. The van der Waals surface area contributed by atoms with E-state index in [4.69, 9.17) is 9.15 Å². The van der Waals surface area contributed by atoms with E-state index in [1.165, 1.54) is 6.08 Å². The summed E-state index contributed by atoms with van der Waals surface area (Å²) in [5.41, 5.74) is 1.61. The standard InChI is InChI=1S/C18H13BrO3/c1-21-17-9-7-12(10-14(17)19)6-8-15(20)18-11-13-4-2-3-5-16(13)22-18/h2-11H,1H3/b8-6+. The number of methoxy groups -OCH3 is 1. The van der Waals surface area contributed by atoms with Crippen LogP contribution in [0.2, 0.25) is 0 Å². The molecular formula is C18H13BrO3. The number of allylic oxidation sites excluding steroid dienone is 1. The van der Waals surface area contributed by atoms with Crippen LogP contribution in [0.3, 0.4) is 0 Å². The molecule has 0 aliphatic heterocycles. The molecule has 22 heavy (non-hydrogen) atoms. The van der Waals surface area contributed by atoms with Gasteiger partial charge in [-0.1, -0.05) is 30.3 Å². The summed E-state index contributed by atoms with van der Waals surface area (Å²) in [5, 5.41) is 0.923. The van der Waals surface area contributed by atoms with Crippen molar-refractivity contribution in [3.05, 3.63) is 70.4 Å². The molecule has 0 saturated carbocycles. The maximum Gasteiger partial charge on any atom is 0.221 e. The van der Waals surface area contributed by atoms with Crippen molar-refractivity contribution in [2.45, 2.75) is 0 Å². The summed E-state index contributed by atoms with van der Waals surface area (Å²) in [6.45, 7) is 0. The Kier molecular flexibility index (Phi) is 4.11. The number of ketones is 1. The third-order valence-electron chi connectivity index (χ3n) is 3.27. The van der Waals surface area contributed by atoms with Crippen molar-refractivity contribution < 1.29 is 13.9 Å². The van der Waals surface area contributed by atoms with E-state index in [-0.39, 0.29) is 5.78 Å². The molecule has 1 heterocycles. The molecule has 3 rings (SSSR count). The van der Waals surface area contributed by atoms with E-state index in [2.05, 4.69) is 15.9 Å². The predicted molar refractivity (Wildman–Crippen MR) is 90.3 cm³/mol. The van der Waals surface area contributed by atoms with Gasteiger partial charge in [0.2, 0.25) is 5.78 Å². The highest BCUT2D eigenvalue weighted by Crippen LogP contribution is 2.26. The summed E-state index contributed by atoms with van der Waals surface area (Å²) < 4.78 is 11.6. The van der Waals surface area contributed by atoms with E-state index in [9.17, 15) is 4.79 Å². The zero-order valence-electron chi connectivity index (χ0n) is 11.9. The van der Waals surface area contributed by atoms with Gasteiger partial charge in [-0.25, -0.2) is 0 Å². The number of rotatable bonds is 4. The lowest BCUT2D eigenvalue weighted by atomic mass is 10.1. The molecule has 1 aromatic heterocycles. The summed E-state index contributed by atoms with van der Waals surface area (Å²) in [4.78, 5) is 12.2. The zero-order valence-corrected chi connectivity index (χ0v) is 13.5. The highest BCUT2D eigenvalue weighted by Gasteiger charge is 2.09. The SMILES string of the molecule is COc1ccc(/C=C/C(=O)c2cc3ccccc3o2)cc1Br. The third kappa shape index (κ3) is 2.97. The number of carbonyl (C=O) groups is 1. The van der Waals surface area contributed by atoms with E-state index < -0.39 is 0 Å². The van der Waals surface area contributed by atoms with Gasteiger partial charge < -0.3 is 9.15 Å². The van der Waals surface area contributed by atoms with Gasteiger partial charge in [-0.05, 0) is 51.8 Å². The first kappa shape index (κ1) is 14.6. The Morgan fingerprint density at radius 3 is 2.73 bits per heavy atom. The molecule has 4 heteroatoms. The second-order valence-electron chi connectivity index (χ2n) is 4.74. The Balaban J connectivity index is 1.82. The van der Waals surface area contributed by atoms with Gasteiger partial charge in [0.05, 0.1) is 11.6 Å². The summed E-state index contributed by atoms with van der Waals surface area (Å²) >= 11 is 3.42. The predicted octanol–water partition coefficient (Wildman–Crippen LogP) is 5.10. The highest BCUT2D eigenvalue weighted by atomic mass is 79.9. The average molecular weight is 357 g/mol. The molecule has 0 unspecified atom stereocenters. The molecule has 110 valence electrons. The van der Waals surface area contributed by atoms with E-state index >= 15 is 0 Å². The Morgan fingerprint density at radius 2 is 2.00 bits per heavy atom. The van der Waals surface area contributed by atoms with Gasteiger partial charge in [0.25, 0.3) is 0 Å². The minimum atomic E-state index is -0.164. The molecule has 2 aromatic carbocycles. The zero-order chi connectivity index (χ0) is 15.5. The van der Waals surface area contributed by atoms with Crippen LogP contribution in [0.5, 0.6) is 5.75 Å². The molecule has 3 aromatic rings. The second kappa shape index (κ2) is 6.20. The van der Waals surface area contributed by atoms with Crippen molar-refractivity contribution in [2.24, 2.45) is 0 Å². The molecule has 0 spiro atoms. The Hall–Kier alpha value is -2.33. The van der Waals surface area contributed by atoms with Gasteiger partial charge in [-0.15, -0.1) is 0 Å². The van der Waals surface area contributed by atoms with Crippen LogP contribution in [0.25, 0.3) is 17.0 Å². The van der Waals surface area contributed by atoms with Gasteiger partial charge in [-0.2, -0.15) is 0 Å². The summed E-state index contributed by atoms with van der Waals surface area (Å²) in [5.74, 6) is 0.925. The van der Waals surface area contributed by atoms with Crippen LogP contribution in [0.1, 0.15) is 16.1 Å². The third-order valence-corrected chi connectivity index (χ3v) is 3.89. The largest absolute Gasteiger partial charge is 0.496 e. The molecular weight excluding hydrogens is 344 g/mol. The van der Waals surface area contributed by atoms with Gasteiger partial charge in [0.1, 0.15) is 11.3 Å². The second-order valence-corrected chi connectivity index (χ2v) is 5.59. The van der Waals surface area contributed by atoms with Crippen LogP contribution in [0.15, 0.2) is 63.5 Å². The van der Waals surface area contributed by atoms with E-state index in [0.717, 1.165) is 21.2 Å². The lowest BCUT2D eigenvalue weighted by Crippen LogP contribution is -1.90. The monoisotopic (exact) mass is 356 g/mol. The van der Waals surface area contributed by atoms with Gasteiger partial charge in [0, 0.05) is 5.39 Å². The molecule has 0 bridgehead atoms. The Morgan fingerprint density at radius 1 is 1.18 bits per heavy atom. The molecule has 0 radical (unpaired) electrons. The number of hydrogen-bond acceptors (Lipinski definition) is 3. The molecule has 0 aliphatic rings. The van der Waals surface area contributed by atoms with E-state index in [0.29, 0.717) is 11.3 Å². The summed E-state index contributed by atoms with van der Waals surface area (Å²) in [7, 11) is 1.61.